The molecule has 0 aromatic carbocycles. The number of ether oxygens (including phenoxy) is 2. The third-order valence-electron chi connectivity index (χ3n) is 2.97. The lowest BCUT2D eigenvalue weighted by Gasteiger charge is -2.18. The monoisotopic (exact) mass is 331 g/mol. The van der Waals surface area contributed by atoms with Crippen LogP contribution >= 0.6 is 0 Å². The Labute approximate surface area is 134 Å². The van der Waals surface area contributed by atoms with Crippen LogP contribution in [-0.4, -0.2) is 56.7 Å². The lowest BCUT2D eigenvalue weighted by atomic mass is 10.1. The molecule has 0 spiro atoms. The first-order valence-corrected chi connectivity index (χ1v) is 7.07. The highest BCUT2D eigenvalue weighted by atomic mass is 16.5. The molecule has 0 saturated carbocycles. The molecule has 1 amide bonds. The molecule has 0 aromatic rings. The van der Waals surface area contributed by atoms with Gasteiger partial charge in [-0.3, -0.25) is 14.6 Å². The normalized spacial score (nSPS) is 12.7. The maximum absolute atomic E-state index is 12.0. The van der Waals surface area contributed by atoms with Crippen molar-refractivity contribution in [1.29, 1.82) is 0 Å². The molecule has 0 radical (unpaired) electrons. The quantitative estimate of drug-likeness (QED) is 0.154. The SMILES string of the molecule is COC(=O)CCC(NC(=O)C(N)CCCN=C(N)N)C(=O)OC. The van der Waals surface area contributed by atoms with Gasteiger partial charge >= 0.3 is 11.9 Å². The summed E-state index contributed by atoms with van der Waals surface area (Å²) in [7, 11) is 2.43. The first kappa shape index (κ1) is 20.6. The average Bonchev–Trinajstić information content (AvgIpc) is 2.53. The van der Waals surface area contributed by atoms with Crippen molar-refractivity contribution in [3.05, 3.63) is 0 Å². The van der Waals surface area contributed by atoms with Crippen LogP contribution < -0.4 is 22.5 Å². The van der Waals surface area contributed by atoms with Crippen LogP contribution in [0.5, 0.6) is 0 Å². The Hall–Kier alpha value is -2.36. The molecule has 2 unspecified atom stereocenters. The van der Waals surface area contributed by atoms with Gasteiger partial charge in [0.05, 0.1) is 20.3 Å². The fourth-order valence-corrected chi connectivity index (χ4v) is 1.68. The van der Waals surface area contributed by atoms with Crippen LogP contribution in [0.4, 0.5) is 0 Å². The summed E-state index contributed by atoms with van der Waals surface area (Å²) >= 11 is 0. The second-order valence-electron chi connectivity index (χ2n) is 4.75. The van der Waals surface area contributed by atoms with Crippen molar-refractivity contribution in [2.24, 2.45) is 22.2 Å². The van der Waals surface area contributed by atoms with E-state index in [4.69, 9.17) is 17.2 Å². The molecule has 0 heterocycles. The molecule has 7 N–H and O–H groups in total. The van der Waals surface area contributed by atoms with Crippen LogP contribution in [0.1, 0.15) is 25.7 Å². The third-order valence-corrected chi connectivity index (χ3v) is 2.97. The summed E-state index contributed by atoms with van der Waals surface area (Å²) in [5.74, 6) is -1.70. The number of hydrogen-bond donors (Lipinski definition) is 4. The number of aliphatic imine (C=N–C) groups is 1. The van der Waals surface area contributed by atoms with Crippen LogP contribution in [0.2, 0.25) is 0 Å². The summed E-state index contributed by atoms with van der Waals surface area (Å²) in [5, 5.41) is 2.47. The van der Waals surface area contributed by atoms with Gasteiger partial charge in [-0.1, -0.05) is 0 Å². The average molecular weight is 331 g/mol. The van der Waals surface area contributed by atoms with E-state index in [2.05, 4.69) is 19.8 Å². The smallest absolute Gasteiger partial charge is 0.328 e. The lowest BCUT2D eigenvalue weighted by Crippen LogP contribution is -2.49. The summed E-state index contributed by atoms with van der Waals surface area (Å²) in [5.41, 5.74) is 16.1. The predicted molar refractivity (Wildman–Crippen MR) is 83.1 cm³/mol. The van der Waals surface area contributed by atoms with Crippen molar-refractivity contribution in [1.82, 2.24) is 5.32 Å². The van der Waals surface area contributed by atoms with E-state index in [0.717, 1.165) is 0 Å². The van der Waals surface area contributed by atoms with E-state index in [0.29, 0.717) is 19.4 Å². The number of esters is 2. The van der Waals surface area contributed by atoms with Gasteiger partial charge in [-0.25, -0.2) is 4.79 Å². The van der Waals surface area contributed by atoms with Crippen molar-refractivity contribution in [2.45, 2.75) is 37.8 Å². The van der Waals surface area contributed by atoms with Gasteiger partial charge in [-0.05, 0) is 19.3 Å². The van der Waals surface area contributed by atoms with Crippen LogP contribution in [0, 0.1) is 0 Å². The zero-order valence-electron chi connectivity index (χ0n) is 13.4. The zero-order valence-corrected chi connectivity index (χ0v) is 13.4. The fraction of sp³-hybridized carbons (Fsp3) is 0.692. The molecule has 10 heteroatoms. The Balaban J connectivity index is 4.42. The van der Waals surface area contributed by atoms with Crippen molar-refractivity contribution < 1.29 is 23.9 Å². The number of methoxy groups -OCH3 is 2. The molecule has 0 aliphatic carbocycles. The van der Waals surface area contributed by atoms with Gasteiger partial charge in [-0.15, -0.1) is 0 Å². The van der Waals surface area contributed by atoms with Gasteiger partial charge < -0.3 is 32.0 Å². The Bertz CT molecular complexity index is 436. The van der Waals surface area contributed by atoms with Gasteiger partial charge in [-0.2, -0.15) is 0 Å². The van der Waals surface area contributed by atoms with Gasteiger partial charge in [0.25, 0.3) is 0 Å². The van der Waals surface area contributed by atoms with E-state index in [-0.39, 0.29) is 18.8 Å². The highest BCUT2D eigenvalue weighted by molar-refractivity contribution is 5.87. The molecule has 0 bridgehead atoms. The molecule has 10 nitrogen and oxygen atoms in total. The van der Waals surface area contributed by atoms with E-state index in [1.54, 1.807) is 0 Å². The number of nitrogens with one attached hydrogen (secondary N) is 1. The van der Waals surface area contributed by atoms with Gasteiger partial charge in [0, 0.05) is 13.0 Å². The molecule has 0 fully saturated rings. The minimum atomic E-state index is -0.963. The second-order valence-corrected chi connectivity index (χ2v) is 4.75. The summed E-state index contributed by atoms with van der Waals surface area (Å²) in [4.78, 5) is 38.5. The van der Waals surface area contributed by atoms with Crippen molar-refractivity contribution in [3.63, 3.8) is 0 Å². The van der Waals surface area contributed by atoms with Gasteiger partial charge in [0.1, 0.15) is 6.04 Å². The predicted octanol–water partition coefficient (Wildman–Crippen LogP) is -2.02. The Morgan fingerprint density at radius 1 is 1.13 bits per heavy atom. The molecule has 132 valence electrons. The van der Waals surface area contributed by atoms with Crippen LogP contribution in [0.25, 0.3) is 0 Å². The van der Waals surface area contributed by atoms with Crippen molar-refractivity contribution >= 4 is 23.8 Å². The maximum atomic E-state index is 12.0. The second kappa shape index (κ2) is 11.2. The minimum absolute atomic E-state index is 0.0309. The maximum Gasteiger partial charge on any atom is 0.328 e. The van der Waals surface area contributed by atoms with Gasteiger partial charge in [0.2, 0.25) is 5.91 Å². The zero-order chi connectivity index (χ0) is 17.8. The topological polar surface area (TPSA) is 172 Å². The molecule has 0 rings (SSSR count). The first-order chi connectivity index (χ1) is 10.8. The first-order valence-electron chi connectivity index (χ1n) is 7.07. The Morgan fingerprint density at radius 3 is 2.30 bits per heavy atom. The van der Waals surface area contributed by atoms with E-state index in [9.17, 15) is 14.4 Å². The minimum Gasteiger partial charge on any atom is -0.469 e. The number of carbonyl (C=O) groups excluding carboxylic acids is 3. The fourth-order valence-electron chi connectivity index (χ4n) is 1.68. The molecular weight excluding hydrogens is 306 g/mol. The molecule has 0 aromatic heterocycles. The number of guanidine groups is 1. The molecule has 0 aliphatic rings. The van der Waals surface area contributed by atoms with Crippen molar-refractivity contribution in [2.75, 3.05) is 20.8 Å². The number of hydrogen-bond acceptors (Lipinski definition) is 7. The van der Waals surface area contributed by atoms with Crippen LogP contribution in [0.15, 0.2) is 4.99 Å². The molecule has 0 saturated heterocycles. The highest BCUT2D eigenvalue weighted by Crippen LogP contribution is 2.03. The van der Waals surface area contributed by atoms with E-state index < -0.39 is 29.9 Å². The van der Waals surface area contributed by atoms with E-state index in [1.165, 1.54) is 14.2 Å². The number of nitrogens with zero attached hydrogens (tertiary/aromatic N) is 1. The molecule has 23 heavy (non-hydrogen) atoms. The molecule has 0 aliphatic heterocycles. The lowest BCUT2D eigenvalue weighted by molar-refractivity contribution is -0.146. The molecule has 2 atom stereocenters. The largest absolute Gasteiger partial charge is 0.469 e. The Kier molecular flexibility index (Phi) is 10.1. The number of carbonyl (C=O) groups is 3. The van der Waals surface area contributed by atoms with Gasteiger partial charge in [0.15, 0.2) is 5.96 Å². The summed E-state index contributed by atoms with van der Waals surface area (Å²) < 4.78 is 9.08. The third kappa shape index (κ3) is 9.30. The Morgan fingerprint density at radius 2 is 1.78 bits per heavy atom. The summed E-state index contributed by atoms with van der Waals surface area (Å²) in [6, 6.07) is -1.79. The van der Waals surface area contributed by atoms with Crippen LogP contribution in [0.3, 0.4) is 0 Å². The number of rotatable bonds is 10. The number of amides is 1. The molecular formula is C13H25N5O5. The summed E-state index contributed by atoms with van der Waals surface area (Å²) in [6.07, 6.45) is 0.882. The van der Waals surface area contributed by atoms with Crippen LogP contribution in [-0.2, 0) is 23.9 Å². The highest BCUT2D eigenvalue weighted by Gasteiger charge is 2.25. The standard InChI is InChI=1S/C13H25N5O5/c1-22-10(19)6-5-9(12(21)23-2)18-11(20)8(14)4-3-7-17-13(15)16/h8-9H,3-7,14H2,1-2H3,(H,18,20)(H4,15,16,17). The number of nitrogens with two attached hydrogens (primary N) is 3. The van der Waals surface area contributed by atoms with E-state index >= 15 is 0 Å². The van der Waals surface area contributed by atoms with E-state index in [1.807, 2.05) is 0 Å². The summed E-state index contributed by atoms with van der Waals surface area (Å²) in [6.45, 7) is 0.353. The van der Waals surface area contributed by atoms with Crippen molar-refractivity contribution in [3.8, 4) is 0 Å².